The van der Waals surface area contributed by atoms with Crippen LogP contribution in [0.5, 0.6) is 0 Å². The van der Waals surface area contributed by atoms with Crippen molar-refractivity contribution in [2.45, 2.75) is 0 Å². The number of allylic oxidation sites excluding steroid dienone is 2. The van der Waals surface area contributed by atoms with Crippen LogP contribution < -0.4 is 0 Å². The van der Waals surface area contributed by atoms with Gasteiger partial charge in [0.25, 0.3) is 0 Å². The molecule has 1 aromatic carbocycles. The van der Waals surface area contributed by atoms with Gasteiger partial charge in [-0.15, -0.1) is 0 Å². The Balaban J connectivity index is 3.01. The number of benzene rings is 1. The van der Waals surface area contributed by atoms with Crippen LogP contribution >= 0.6 is 0 Å². The van der Waals surface area contributed by atoms with Crippen LogP contribution in [0.3, 0.4) is 0 Å². The first-order chi connectivity index (χ1) is 7.61. The number of carbonyl (C=O) groups is 2. The Morgan fingerprint density at radius 1 is 1.06 bits per heavy atom. The maximum absolute atomic E-state index is 10.9. The van der Waals surface area contributed by atoms with E-state index in [-0.39, 0.29) is 5.57 Å². The summed E-state index contributed by atoms with van der Waals surface area (Å²) in [5.41, 5.74) is 0.586. The van der Waals surface area contributed by atoms with Gasteiger partial charge in [0.1, 0.15) is 0 Å². The third-order valence-corrected chi connectivity index (χ3v) is 1.82. The van der Waals surface area contributed by atoms with E-state index in [1.807, 2.05) is 0 Å². The van der Waals surface area contributed by atoms with Crippen LogP contribution in [0, 0.1) is 0 Å². The molecule has 0 atom stereocenters. The number of hydrogen-bond donors (Lipinski definition) is 2. The summed E-state index contributed by atoms with van der Waals surface area (Å²) < 4.78 is 0. The molecule has 82 valence electrons. The second-order valence-corrected chi connectivity index (χ2v) is 2.95. The van der Waals surface area contributed by atoms with Crippen molar-refractivity contribution in [1.82, 2.24) is 0 Å². The molecule has 0 fully saturated rings. The second-order valence-electron chi connectivity index (χ2n) is 2.95. The van der Waals surface area contributed by atoms with E-state index in [0.717, 1.165) is 6.08 Å². The van der Waals surface area contributed by atoms with Crippen molar-refractivity contribution in [3.8, 4) is 0 Å². The van der Waals surface area contributed by atoms with Gasteiger partial charge in [-0.25, -0.2) is 9.59 Å². The summed E-state index contributed by atoms with van der Waals surface area (Å²) in [7, 11) is 0. The van der Waals surface area contributed by atoms with Crippen LogP contribution in [0.2, 0.25) is 0 Å². The maximum atomic E-state index is 10.9. The molecule has 0 aliphatic heterocycles. The smallest absolute Gasteiger partial charge is 0.336 e. The zero-order valence-electron chi connectivity index (χ0n) is 8.33. The molecule has 0 aliphatic rings. The van der Waals surface area contributed by atoms with E-state index in [0.29, 0.717) is 5.56 Å². The molecule has 4 nitrogen and oxygen atoms in total. The summed E-state index contributed by atoms with van der Waals surface area (Å²) in [6.07, 6.45) is 3.33. The molecule has 0 aromatic heterocycles. The minimum Gasteiger partial charge on any atom is -0.478 e. The fraction of sp³-hybridized carbons (Fsp3) is 0. The lowest BCUT2D eigenvalue weighted by molar-refractivity contribution is -0.132. The summed E-state index contributed by atoms with van der Waals surface area (Å²) in [6, 6.07) is 8.50. The lowest BCUT2D eigenvalue weighted by Crippen LogP contribution is -1.99. The highest BCUT2D eigenvalue weighted by molar-refractivity contribution is 6.15. The molecule has 1 aromatic rings. The van der Waals surface area contributed by atoms with Crippen molar-refractivity contribution in [2.75, 3.05) is 0 Å². The molecule has 0 heterocycles. The molecule has 0 saturated heterocycles. The van der Waals surface area contributed by atoms with Crippen LogP contribution in [0.1, 0.15) is 5.56 Å². The molecule has 2 N–H and O–H groups in total. The highest BCUT2D eigenvalue weighted by Gasteiger charge is 2.07. The average Bonchev–Trinajstić information content (AvgIpc) is 2.25. The topological polar surface area (TPSA) is 74.6 Å². The Morgan fingerprint density at radius 3 is 2.19 bits per heavy atom. The van der Waals surface area contributed by atoms with Crippen LogP contribution in [0.25, 0.3) is 5.57 Å². The van der Waals surface area contributed by atoms with Gasteiger partial charge in [0, 0.05) is 6.08 Å². The molecule has 0 aliphatic carbocycles. The number of rotatable bonds is 4. The van der Waals surface area contributed by atoms with Crippen LogP contribution in [0.15, 0.2) is 48.6 Å². The average molecular weight is 218 g/mol. The van der Waals surface area contributed by atoms with Crippen LogP contribution in [-0.4, -0.2) is 22.2 Å². The standard InChI is InChI=1S/C12H10O4/c13-11(14)8-4-7-10(12(15)16)9-5-2-1-3-6-9/h1-8H,(H,13,14)(H,15,16)/b8-4+,10-7+. The number of hydrogen-bond acceptors (Lipinski definition) is 2. The van der Waals surface area contributed by atoms with E-state index in [4.69, 9.17) is 10.2 Å². The van der Waals surface area contributed by atoms with Crippen molar-refractivity contribution >= 4 is 17.5 Å². The van der Waals surface area contributed by atoms with Crippen molar-refractivity contribution in [3.63, 3.8) is 0 Å². The molecule has 0 unspecified atom stereocenters. The van der Waals surface area contributed by atoms with Gasteiger partial charge in [-0.1, -0.05) is 36.4 Å². The summed E-state index contributed by atoms with van der Waals surface area (Å²) >= 11 is 0. The predicted octanol–water partition coefficient (Wildman–Crippen LogP) is 1.80. The van der Waals surface area contributed by atoms with Gasteiger partial charge in [-0.05, 0) is 11.6 Å². The zero-order chi connectivity index (χ0) is 12.0. The van der Waals surface area contributed by atoms with Gasteiger partial charge in [0.05, 0.1) is 5.57 Å². The second kappa shape index (κ2) is 5.50. The Morgan fingerprint density at radius 2 is 1.69 bits per heavy atom. The highest BCUT2D eigenvalue weighted by atomic mass is 16.4. The normalized spacial score (nSPS) is 11.6. The summed E-state index contributed by atoms with van der Waals surface area (Å²) in [4.78, 5) is 21.1. The molecule has 1 rings (SSSR count). The summed E-state index contributed by atoms with van der Waals surface area (Å²) in [6.45, 7) is 0. The quantitative estimate of drug-likeness (QED) is 0.596. The molecule has 0 bridgehead atoms. The highest BCUT2D eigenvalue weighted by Crippen LogP contribution is 2.13. The summed E-state index contributed by atoms with van der Waals surface area (Å²) in [5, 5.41) is 17.3. The zero-order valence-corrected chi connectivity index (χ0v) is 8.33. The third kappa shape index (κ3) is 3.42. The van der Waals surface area contributed by atoms with Crippen molar-refractivity contribution in [3.05, 3.63) is 54.1 Å². The summed E-state index contributed by atoms with van der Waals surface area (Å²) in [5.74, 6) is -2.21. The molecule has 0 amide bonds. The predicted molar refractivity (Wildman–Crippen MR) is 58.8 cm³/mol. The Bertz CT molecular complexity index is 443. The molecule has 16 heavy (non-hydrogen) atoms. The van der Waals surface area contributed by atoms with Crippen LogP contribution in [-0.2, 0) is 9.59 Å². The van der Waals surface area contributed by atoms with E-state index >= 15 is 0 Å². The van der Waals surface area contributed by atoms with Crippen molar-refractivity contribution < 1.29 is 19.8 Å². The number of carboxylic acid groups (broad SMARTS) is 2. The first-order valence-electron chi connectivity index (χ1n) is 4.51. The van der Waals surface area contributed by atoms with E-state index in [1.165, 1.54) is 12.2 Å². The Kier molecular flexibility index (Phi) is 4.03. The van der Waals surface area contributed by atoms with Gasteiger partial charge in [0.15, 0.2) is 0 Å². The fourth-order valence-electron chi connectivity index (χ4n) is 1.14. The molecule has 0 saturated carbocycles. The minimum absolute atomic E-state index is 0.0538. The lowest BCUT2D eigenvalue weighted by atomic mass is 10.1. The van der Waals surface area contributed by atoms with Gasteiger partial charge >= 0.3 is 11.9 Å². The number of aliphatic carboxylic acids is 2. The maximum Gasteiger partial charge on any atom is 0.336 e. The molecule has 4 heteroatoms. The van der Waals surface area contributed by atoms with E-state index in [2.05, 4.69) is 0 Å². The monoisotopic (exact) mass is 218 g/mol. The first-order valence-corrected chi connectivity index (χ1v) is 4.51. The van der Waals surface area contributed by atoms with Gasteiger partial charge in [-0.3, -0.25) is 0 Å². The molecular weight excluding hydrogens is 208 g/mol. The minimum atomic E-state index is -1.12. The fourth-order valence-corrected chi connectivity index (χ4v) is 1.14. The molecule has 0 radical (unpaired) electrons. The van der Waals surface area contributed by atoms with E-state index < -0.39 is 11.9 Å². The SMILES string of the molecule is O=C(O)/C=C/C=C(/C(=O)O)c1ccccc1. The van der Waals surface area contributed by atoms with Gasteiger partial charge < -0.3 is 10.2 Å². The van der Waals surface area contributed by atoms with E-state index in [9.17, 15) is 9.59 Å². The third-order valence-electron chi connectivity index (χ3n) is 1.82. The van der Waals surface area contributed by atoms with Crippen LogP contribution in [0.4, 0.5) is 0 Å². The lowest BCUT2D eigenvalue weighted by Gasteiger charge is -2.00. The number of carboxylic acids is 2. The van der Waals surface area contributed by atoms with Gasteiger partial charge in [0.2, 0.25) is 0 Å². The van der Waals surface area contributed by atoms with Crippen molar-refractivity contribution in [2.24, 2.45) is 0 Å². The van der Waals surface area contributed by atoms with Gasteiger partial charge in [-0.2, -0.15) is 0 Å². The Hall–Kier alpha value is -2.36. The molecular formula is C12H10O4. The first kappa shape index (κ1) is 11.7. The Labute approximate surface area is 92.2 Å². The molecule has 0 spiro atoms. The van der Waals surface area contributed by atoms with E-state index in [1.54, 1.807) is 30.3 Å². The largest absolute Gasteiger partial charge is 0.478 e. The van der Waals surface area contributed by atoms with Crippen molar-refractivity contribution in [1.29, 1.82) is 0 Å².